The van der Waals surface area contributed by atoms with Gasteiger partial charge in [0.1, 0.15) is 0 Å². The molecule has 0 heteroatoms. The van der Waals surface area contributed by atoms with E-state index in [1.54, 1.807) is 5.57 Å². The Hall–Kier alpha value is -0.260. The first-order valence-corrected chi connectivity index (χ1v) is 6.38. The Morgan fingerprint density at radius 2 is 1.79 bits per heavy atom. The molecule has 1 saturated carbocycles. The summed E-state index contributed by atoms with van der Waals surface area (Å²) < 4.78 is 0. The van der Waals surface area contributed by atoms with Gasteiger partial charge < -0.3 is 0 Å². The molecule has 0 aromatic rings. The van der Waals surface area contributed by atoms with E-state index in [1.165, 1.54) is 44.9 Å². The molecule has 0 nitrogen and oxygen atoms in total. The second-order valence-electron chi connectivity index (χ2n) is 4.99. The van der Waals surface area contributed by atoms with E-state index in [0.29, 0.717) is 0 Å². The molecule has 1 fully saturated rings. The first-order valence-electron chi connectivity index (χ1n) is 6.38. The van der Waals surface area contributed by atoms with E-state index < -0.39 is 0 Å². The standard InChI is InChI=1S/C14H26/c1-4-12(3)11-14-8-6-7-13(5-2)9-10-14/h4,13-14H,5-11H2,1-3H3. The van der Waals surface area contributed by atoms with Crippen LogP contribution in [0.1, 0.15) is 65.7 Å². The summed E-state index contributed by atoms with van der Waals surface area (Å²) in [5, 5.41) is 0. The van der Waals surface area contributed by atoms with Gasteiger partial charge in [-0.1, -0.05) is 50.7 Å². The molecule has 14 heavy (non-hydrogen) atoms. The molecular formula is C14H26. The maximum atomic E-state index is 2.35. The fourth-order valence-corrected chi connectivity index (χ4v) is 2.64. The SMILES string of the molecule is CC=C(C)CC1CCCC(CC)CC1. The van der Waals surface area contributed by atoms with Crippen LogP contribution in [-0.2, 0) is 0 Å². The van der Waals surface area contributed by atoms with Crippen LogP contribution in [0.4, 0.5) is 0 Å². The normalized spacial score (nSPS) is 30.1. The van der Waals surface area contributed by atoms with Gasteiger partial charge in [-0.3, -0.25) is 0 Å². The predicted octanol–water partition coefficient (Wildman–Crippen LogP) is 4.95. The van der Waals surface area contributed by atoms with Gasteiger partial charge in [-0.05, 0) is 38.5 Å². The van der Waals surface area contributed by atoms with Gasteiger partial charge in [0.15, 0.2) is 0 Å². The molecule has 0 aromatic heterocycles. The quantitative estimate of drug-likeness (QED) is 0.440. The second-order valence-corrected chi connectivity index (χ2v) is 4.99. The molecule has 0 radical (unpaired) electrons. The van der Waals surface area contributed by atoms with E-state index in [4.69, 9.17) is 0 Å². The van der Waals surface area contributed by atoms with Crippen molar-refractivity contribution >= 4 is 0 Å². The van der Waals surface area contributed by atoms with Crippen LogP contribution in [0.15, 0.2) is 11.6 Å². The van der Waals surface area contributed by atoms with Crippen LogP contribution in [0.3, 0.4) is 0 Å². The summed E-state index contributed by atoms with van der Waals surface area (Å²) in [5.41, 5.74) is 1.59. The lowest BCUT2D eigenvalue weighted by atomic mass is 9.92. The molecule has 82 valence electrons. The van der Waals surface area contributed by atoms with E-state index in [1.807, 2.05) is 0 Å². The van der Waals surface area contributed by atoms with Crippen molar-refractivity contribution in [1.82, 2.24) is 0 Å². The zero-order valence-corrected chi connectivity index (χ0v) is 10.2. The fraction of sp³-hybridized carbons (Fsp3) is 0.857. The zero-order valence-electron chi connectivity index (χ0n) is 10.2. The van der Waals surface area contributed by atoms with Crippen LogP contribution in [-0.4, -0.2) is 0 Å². The minimum atomic E-state index is 0.989. The minimum absolute atomic E-state index is 0.989. The molecule has 0 saturated heterocycles. The van der Waals surface area contributed by atoms with Gasteiger partial charge >= 0.3 is 0 Å². The van der Waals surface area contributed by atoms with Crippen LogP contribution in [0.25, 0.3) is 0 Å². The third-order valence-electron chi connectivity index (χ3n) is 3.89. The monoisotopic (exact) mass is 194 g/mol. The summed E-state index contributed by atoms with van der Waals surface area (Å²) in [5.74, 6) is 2.02. The summed E-state index contributed by atoms with van der Waals surface area (Å²) in [6.07, 6.45) is 12.4. The Bertz CT molecular complexity index is 178. The van der Waals surface area contributed by atoms with Gasteiger partial charge in [-0.15, -0.1) is 0 Å². The summed E-state index contributed by atoms with van der Waals surface area (Å²) in [4.78, 5) is 0. The summed E-state index contributed by atoms with van der Waals surface area (Å²) in [6.45, 7) is 6.80. The van der Waals surface area contributed by atoms with Crippen LogP contribution >= 0.6 is 0 Å². The van der Waals surface area contributed by atoms with Crippen molar-refractivity contribution in [2.75, 3.05) is 0 Å². The average molecular weight is 194 g/mol. The molecule has 2 unspecified atom stereocenters. The topological polar surface area (TPSA) is 0 Å². The van der Waals surface area contributed by atoms with Gasteiger partial charge in [0, 0.05) is 0 Å². The van der Waals surface area contributed by atoms with Crippen molar-refractivity contribution in [1.29, 1.82) is 0 Å². The molecule has 0 amide bonds. The van der Waals surface area contributed by atoms with Crippen LogP contribution in [0.2, 0.25) is 0 Å². The summed E-state index contributed by atoms with van der Waals surface area (Å²) >= 11 is 0. The molecule has 0 heterocycles. The Kier molecular flexibility index (Phi) is 5.29. The van der Waals surface area contributed by atoms with E-state index >= 15 is 0 Å². The van der Waals surface area contributed by atoms with Gasteiger partial charge in [0.25, 0.3) is 0 Å². The van der Waals surface area contributed by atoms with E-state index in [-0.39, 0.29) is 0 Å². The maximum absolute atomic E-state index is 2.35. The van der Waals surface area contributed by atoms with Crippen molar-refractivity contribution in [3.63, 3.8) is 0 Å². The molecule has 2 atom stereocenters. The number of hydrogen-bond acceptors (Lipinski definition) is 0. The fourth-order valence-electron chi connectivity index (χ4n) is 2.64. The largest absolute Gasteiger partial charge is 0.0887 e. The highest BCUT2D eigenvalue weighted by Crippen LogP contribution is 2.32. The molecule has 0 aliphatic heterocycles. The van der Waals surface area contributed by atoms with Crippen LogP contribution in [0.5, 0.6) is 0 Å². The summed E-state index contributed by atoms with van der Waals surface area (Å²) in [7, 11) is 0. The Balaban J connectivity index is 2.34. The lowest BCUT2D eigenvalue weighted by Crippen LogP contribution is -2.00. The highest BCUT2D eigenvalue weighted by Gasteiger charge is 2.17. The molecule has 0 bridgehead atoms. The summed E-state index contributed by atoms with van der Waals surface area (Å²) in [6, 6.07) is 0. The van der Waals surface area contributed by atoms with Crippen molar-refractivity contribution in [3.8, 4) is 0 Å². The van der Waals surface area contributed by atoms with Crippen LogP contribution < -0.4 is 0 Å². The van der Waals surface area contributed by atoms with E-state index in [9.17, 15) is 0 Å². The molecular weight excluding hydrogens is 168 g/mol. The highest BCUT2D eigenvalue weighted by atomic mass is 14.2. The molecule has 1 rings (SSSR count). The maximum Gasteiger partial charge on any atom is -0.0295 e. The predicted molar refractivity (Wildman–Crippen MR) is 64.4 cm³/mol. The molecule has 0 N–H and O–H groups in total. The van der Waals surface area contributed by atoms with Gasteiger partial charge in [0.05, 0.1) is 0 Å². The van der Waals surface area contributed by atoms with Crippen molar-refractivity contribution < 1.29 is 0 Å². The van der Waals surface area contributed by atoms with Gasteiger partial charge in [0.2, 0.25) is 0 Å². The van der Waals surface area contributed by atoms with E-state index in [0.717, 1.165) is 11.8 Å². The zero-order chi connectivity index (χ0) is 10.4. The highest BCUT2D eigenvalue weighted by molar-refractivity contribution is 4.97. The Morgan fingerprint density at radius 1 is 1.14 bits per heavy atom. The Morgan fingerprint density at radius 3 is 2.43 bits per heavy atom. The Labute approximate surface area is 89.8 Å². The van der Waals surface area contributed by atoms with Gasteiger partial charge in [-0.25, -0.2) is 0 Å². The average Bonchev–Trinajstić information content (AvgIpc) is 2.43. The molecule has 0 aromatic carbocycles. The van der Waals surface area contributed by atoms with Gasteiger partial charge in [-0.2, -0.15) is 0 Å². The first-order chi connectivity index (χ1) is 6.76. The number of hydrogen-bond donors (Lipinski definition) is 0. The van der Waals surface area contributed by atoms with Crippen molar-refractivity contribution in [2.45, 2.75) is 65.7 Å². The molecule has 1 aliphatic carbocycles. The molecule has 1 aliphatic rings. The number of rotatable bonds is 3. The third-order valence-corrected chi connectivity index (χ3v) is 3.89. The first kappa shape index (κ1) is 11.8. The van der Waals surface area contributed by atoms with Crippen molar-refractivity contribution in [3.05, 3.63) is 11.6 Å². The minimum Gasteiger partial charge on any atom is -0.0887 e. The van der Waals surface area contributed by atoms with Crippen LogP contribution in [0, 0.1) is 11.8 Å². The second kappa shape index (κ2) is 6.27. The third kappa shape index (κ3) is 3.86. The van der Waals surface area contributed by atoms with Crippen molar-refractivity contribution in [2.24, 2.45) is 11.8 Å². The molecule has 0 spiro atoms. The smallest absolute Gasteiger partial charge is 0.0295 e. The lowest BCUT2D eigenvalue weighted by molar-refractivity contribution is 0.420. The van der Waals surface area contributed by atoms with E-state index in [2.05, 4.69) is 26.8 Å². The lowest BCUT2D eigenvalue weighted by Gasteiger charge is -2.14. The number of allylic oxidation sites excluding steroid dienone is 2.